The number of carboxylic acid groups (broad SMARTS) is 4. The number of pyridine rings is 1. The third kappa shape index (κ3) is 12.7. The van der Waals surface area contributed by atoms with Crippen LogP contribution in [0.25, 0.3) is 11.2 Å². The summed E-state index contributed by atoms with van der Waals surface area (Å²) in [5.74, 6) is -6.22. The van der Waals surface area contributed by atoms with Crippen molar-refractivity contribution in [1.29, 1.82) is 0 Å². The predicted octanol–water partition coefficient (Wildman–Crippen LogP) is -1.01. The summed E-state index contributed by atoms with van der Waals surface area (Å²) >= 11 is 5.12. The molecule has 16 nitrogen and oxygen atoms in total. The molecule has 1 saturated heterocycles. The average Bonchev–Trinajstić information content (AvgIpc) is 3.27. The van der Waals surface area contributed by atoms with Crippen LogP contribution in [0.1, 0.15) is 12.7 Å². The lowest BCUT2D eigenvalue weighted by atomic mass is 10.3. The van der Waals surface area contributed by atoms with Crippen LogP contribution in [0, 0.1) is 0 Å². The highest BCUT2D eigenvalue weighted by molar-refractivity contribution is 7.80. The highest BCUT2D eigenvalue weighted by atomic mass is 32.1. The molecule has 0 bridgehead atoms. The van der Waals surface area contributed by atoms with Gasteiger partial charge in [0.1, 0.15) is 11.3 Å². The largest absolute Gasteiger partial charge is 0.473 e. The van der Waals surface area contributed by atoms with E-state index in [1.165, 1.54) is 0 Å². The quantitative estimate of drug-likeness (QED) is 0.118. The van der Waals surface area contributed by atoms with Gasteiger partial charge in [0.05, 0.1) is 13.2 Å². The van der Waals surface area contributed by atoms with Crippen molar-refractivity contribution in [2.45, 2.75) is 20.0 Å². The number of hydrogen-bond acceptors (Lipinski definition) is 10. The summed E-state index contributed by atoms with van der Waals surface area (Å²) in [6, 6.07) is 3.97. The number of piperazine rings is 1. The number of carbonyl (C=O) groups is 4. The number of ether oxygens (including phenoxy) is 1. The Morgan fingerprint density at radius 2 is 1.55 bits per heavy atom. The molecule has 1 aliphatic rings. The van der Waals surface area contributed by atoms with E-state index in [1.807, 2.05) is 32.3 Å². The van der Waals surface area contributed by atoms with E-state index in [0.29, 0.717) is 11.7 Å². The summed E-state index contributed by atoms with van der Waals surface area (Å²) in [4.78, 5) is 50.7. The van der Waals surface area contributed by atoms with Crippen LogP contribution < -0.4 is 10.6 Å². The smallest absolute Gasteiger partial charge is 0.414 e. The molecule has 0 aromatic carbocycles. The van der Waals surface area contributed by atoms with Gasteiger partial charge in [-0.15, -0.1) is 0 Å². The molecule has 40 heavy (non-hydrogen) atoms. The average molecular weight is 586 g/mol. The van der Waals surface area contributed by atoms with Crippen LogP contribution in [0.3, 0.4) is 0 Å². The van der Waals surface area contributed by atoms with E-state index in [9.17, 15) is 0 Å². The number of thiocarbonyl (C=S) groups is 1. The van der Waals surface area contributed by atoms with Gasteiger partial charge in [-0.25, -0.2) is 29.1 Å². The van der Waals surface area contributed by atoms with Gasteiger partial charge < -0.3 is 40.4 Å². The van der Waals surface area contributed by atoms with Crippen LogP contribution in [0.15, 0.2) is 18.3 Å². The molecule has 0 radical (unpaired) electrons. The Morgan fingerprint density at radius 3 is 2.08 bits per heavy atom. The molecule has 0 aliphatic carbocycles. The molecule has 1 fully saturated rings. The molecule has 3 rings (SSSR count). The summed E-state index contributed by atoms with van der Waals surface area (Å²) in [6.45, 7) is 11.1. The number of carboxylic acids is 4. The van der Waals surface area contributed by atoms with Crippen LogP contribution in [0.2, 0.25) is 0 Å². The van der Waals surface area contributed by atoms with Crippen molar-refractivity contribution in [2.24, 2.45) is 0 Å². The van der Waals surface area contributed by atoms with E-state index < -0.39 is 23.9 Å². The predicted molar refractivity (Wildman–Crippen MR) is 146 cm³/mol. The zero-order valence-electron chi connectivity index (χ0n) is 22.3. The fourth-order valence-corrected chi connectivity index (χ4v) is 3.55. The van der Waals surface area contributed by atoms with Crippen LogP contribution >= 0.6 is 12.2 Å². The standard InChI is InChI=1S/C19H31N7OS.2C2H2O4/c1-3-27-14-13-26-17(23-16-5-4-6-21-18(16)26)15-25-11-9-24(10-12-25)8-7-22-19(28)20-2;2*3-1(4)2(5)6/h4-6H,3,7-15H2,1-2H3,(H2,20,22,28);2*(H,3,4)(H,5,6). The van der Waals surface area contributed by atoms with Gasteiger partial charge in [-0.05, 0) is 31.3 Å². The van der Waals surface area contributed by atoms with Crippen LogP contribution in [-0.2, 0) is 37.0 Å². The Balaban J connectivity index is 0.000000559. The molecular weight excluding hydrogens is 550 g/mol. The number of rotatable bonds is 9. The van der Waals surface area contributed by atoms with Gasteiger partial charge in [-0.3, -0.25) is 9.80 Å². The Bertz CT molecular complexity index is 1090. The maximum Gasteiger partial charge on any atom is 0.414 e. The van der Waals surface area contributed by atoms with Gasteiger partial charge in [0.2, 0.25) is 0 Å². The van der Waals surface area contributed by atoms with Crippen molar-refractivity contribution in [3.63, 3.8) is 0 Å². The van der Waals surface area contributed by atoms with Crippen molar-refractivity contribution < 1.29 is 44.3 Å². The van der Waals surface area contributed by atoms with Gasteiger partial charge in [0, 0.05) is 65.7 Å². The number of aromatic nitrogens is 3. The summed E-state index contributed by atoms with van der Waals surface area (Å²) in [5, 5.41) is 36.4. The monoisotopic (exact) mass is 585 g/mol. The van der Waals surface area contributed by atoms with E-state index in [4.69, 9.17) is 61.5 Å². The molecule has 0 amide bonds. The van der Waals surface area contributed by atoms with Crippen molar-refractivity contribution in [3.8, 4) is 0 Å². The van der Waals surface area contributed by atoms with Crippen LogP contribution in [0.4, 0.5) is 0 Å². The van der Waals surface area contributed by atoms with Crippen LogP contribution in [0.5, 0.6) is 0 Å². The number of fused-ring (bicyclic) bond motifs is 1. The fraction of sp³-hybridized carbons (Fsp3) is 0.522. The first-order valence-electron chi connectivity index (χ1n) is 12.2. The number of nitrogens with zero attached hydrogens (tertiary/aromatic N) is 5. The van der Waals surface area contributed by atoms with Gasteiger partial charge in [0.25, 0.3) is 0 Å². The lowest BCUT2D eigenvalue weighted by Gasteiger charge is -2.34. The maximum atomic E-state index is 9.10. The van der Waals surface area contributed by atoms with Crippen molar-refractivity contribution >= 4 is 52.4 Å². The van der Waals surface area contributed by atoms with Gasteiger partial charge in [-0.1, -0.05) is 0 Å². The number of nitrogens with one attached hydrogen (secondary N) is 2. The first-order chi connectivity index (χ1) is 19.0. The third-order valence-electron chi connectivity index (χ3n) is 5.38. The van der Waals surface area contributed by atoms with Gasteiger partial charge in [0.15, 0.2) is 10.8 Å². The fourth-order valence-electron chi connectivity index (χ4n) is 3.45. The number of aliphatic carboxylic acids is 4. The molecule has 0 spiro atoms. The second-order valence-electron chi connectivity index (χ2n) is 8.07. The van der Waals surface area contributed by atoms with E-state index in [1.54, 1.807) is 0 Å². The lowest BCUT2D eigenvalue weighted by Crippen LogP contribution is -2.48. The Labute approximate surface area is 235 Å². The normalized spacial score (nSPS) is 13.2. The molecule has 2 aromatic heterocycles. The van der Waals surface area contributed by atoms with Crippen molar-refractivity contribution in [1.82, 2.24) is 35.0 Å². The maximum absolute atomic E-state index is 9.10. The summed E-state index contributed by atoms with van der Waals surface area (Å²) in [5.41, 5.74) is 1.90. The summed E-state index contributed by atoms with van der Waals surface area (Å²) in [7, 11) is 1.84. The highest BCUT2D eigenvalue weighted by Crippen LogP contribution is 2.16. The lowest BCUT2D eigenvalue weighted by molar-refractivity contribution is -0.159. The molecular formula is C23H35N7O9S. The first kappa shape index (κ1) is 34.1. The zero-order chi connectivity index (χ0) is 30.1. The second-order valence-corrected chi connectivity index (χ2v) is 8.48. The van der Waals surface area contributed by atoms with Gasteiger partial charge in [-0.2, -0.15) is 0 Å². The molecule has 6 N–H and O–H groups in total. The minimum Gasteiger partial charge on any atom is -0.473 e. The Hall–Kier alpha value is -3.93. The topological polar surface area (TPSA) is 220 Å². The van der Waals surface area contributed by atoms with E-state index >= 15 is 0 Å². The molecule has 222 valence electrons. The Morgan fingerprint density at radius 1 is 0.975 bits per heavy atom. The number of imidazole rings is 1. The molecule has 0 atom stereocenters. The molecule has 2 aromatic rings. The highest BCUT2D eigenvalue weighted by Gasteiger charge is 2.20. The third-order valence-corrected chi connectivity index (χ3v) is 5.73. The molecule has 0 saturated carbocycles. The summed E-state index contributed by atoms with van der Waals surface area (Å²) in [6.07, 6.45) is 1.83. The van der Waals surface area contributed by atoms with E-state index in [-0.39, 0.29) is 0 Å². The molecule has 1 aliphatic heterocycles. The molecule has 17 heteroatoms. The zero-order valence-corrected chi connectivity index (χ0v) is 23.1. The molecule has 3 heterocycles. The Kier molecular flexibility index (Phi) is 15.7. The molecule has 0 unspecified atom stereocenters. The first-order valence-corrected chi connectivity index (χ1v) is 12.6. The minimum atomic E-state index is -1.82. The van der Waals surface area contributed by atoms with Gasteiger partial charge >= 0.3 is 23.9 Å². The minimum absolute atomic E-state index is 0.681. The van der Waals surface area contributed by atoms with Crippen molar-refractivity contribution in [2.75, 3.05) is 59.5 Å². The second kappa shape index (κ2) is 18.4. The van der Waals surface area contributed by atoms with E-state index in [2.05, 4.69) is 30.0 Å². The van der Waals surface area contributed by atoms with Crippen molar-refractivity contribution in [3.05, 3.63) is 24.2 Å². The summed E-state index contributed by atoms with van der Waals surface area (Å²) < 4.78 is 7.77. The SMILES string of the molecule is CCOCCn1c(CN2CCN(CCNC(=S)NC)CC2)nc2cccnc21.O=C(O)C(=O)O.O=C(O)C(=O)O. The number of hydrogen-bond donors (Lipinski definition) is 6. The van der Waals surface area contributed by atoms with E-state index in [0.717, 1.165) is 76.0 Å². The van der Waals surface area contributed by atoms with Crippen LogP contribution in [-0.4, -0.2) is 133 Å².